The molecule has 4 rings (SSSR count). The van der Waals surface area contributed by atoms with Gasteiger partial charge >= 0.3 is 0 Å². The molecule has 0 amide bonds. The molecule has 4 heterocycles. The maximum Gasteiger partial charge on any atom is 0.211 e. The number of likely N-dealkylation sites (tertiary alicyclic amines) is 1. The molecule has 0 saturated carbocycles. The van der Waals surface area contributed by atoms with E-state index in [1.54, 1.807) is 4.31 Å². The van der Waals surface area contributed by atoms with E-state index in [9.17, 15) is 8.42 Å². The lowest BCUT2D eigenvalue weighted by Crippen LogP contribution is -2.81. The summed E-state index contributed by atoms with van der Waals surface area (Å²) in [4.78, 5) is 5.06. The lowest BCUT2D eigenvalue weighted by Gasteiger charge is -2.64. The van der Waals surface area contributed by atoms with Crippen LogP contribution in [0.3, 0.4) is 0 Å². The summed E-state index contributed by atoms with van der Waals surface area (Å²) >= 11 is 0. The minimum atomic E-state index is -3.15. The lowest BCUT2D eigenvalue weighted by atomic mass is 9.81. The van der Waals surface area contributed by atoms with E-state index in [1.807, 2.05) is 0 Å². The van der Waals surface area contributed by atoms with Gasteiger partial charge in [-0.3, -0.25) is 9.80 Å². The van der Waals surface area contributed by atoms with Gasteiger partial charge in [-0.25, -0.2) is 8.42 Å². The molecule has 0 radical (unpaired) electrons. The van der Waals surface area contributed by atoms with Gasteiger partial charge in [0.05, 0.1) is 25.0 Å². The summed E-state index contributed by atoms with van der Waals surface area (Å²) in [5, 5.41) is 0. The normalized spacial score (nSPS) is 34.2. The molecule has 0 aromatic heterocycles. The van der Waals surface area contributed by atoms with Crippen molar-refractivity contribution in [3.05, 3.63) is 0 Å². The molecular weight excluding hydrogens is 318 g/mol. The van der Waals surface area contributed by atoms with Crippen LogP contribution in [0.1, 0.15) is 12.8 Å². The Hall–Kier alpha value is -0.250. The number of fused-ring (bicyclic) bond motifs is 2. The zero-order chi connectivity index (χ0) is 16.1. The fourth-order valence-corrected chi connectivity index (χ4v) is 5.62. The monoisotopic (exact) mass is 345 g/mol. The number of hydrogen-bond acceptors (Lipinski definition) is 6. The van der Waals surface area contributed by atoms with Gasteiger partial charge in [-0.05, 0) is 12.8 Å². The summed E-state index contributed by atoms with van der Waals surface area (Å²) in [5.41, 5.74) is -0.0198. The van der Waals surface area contributed by atoms with E-state index in [1.165, 1.54) is 6.26 Å². The van der Waals surface area contributed by atoms with E-state index in [0.717, 1.165) is 52.3 Å². The topological polar surface area (TPSA) is 62.3 Å². The molecule has 4 aliphatic heterocycles. The highest BCUT2D eigenvalue weighted by atomic mass is 32.2. The fraction of sp³-hybridized carbons (Fsp3) is 1.00. The molecule has 1 spiro atoms. The van der Waals surface area contributed by atoms with Crippen LogP contribution in [0.4, 0.5) is 0 Å². The number of piperazine rings is 1. The van der Waals surface area contributed by atoms with Crippen molar-refractivity contribution in [2.75, 3.05) is 65.4 Å². The molecule has 0 aromatic rings. The molecule has 7 nitrogen and oxygen atoms in total. The predicted molar refractivity (Wildman–Crippen MR) is 85.9 cm³/mol. The summed E-state index contributed by atoms with van der Waals surface area (Å²) in [6.45, 7) is 7.16. The van der Waals surface area contributed by atoms with Crippen LogP contribution in [0, 0.1) is 0 Å². The van der Waals surface area contributed by atoms with Crippen LogP contribution in [0.5, 0.6) is 0 Å². The van der Waals surface area contributed by atoms with Crippen LogP contribution >= 0.6 is 0 Å². The number of hydrogen-bond donors (Lipinski definition) is 0. The molecule has 1 atom stereocenters. The second kappa shape index (κ2) is 5.93. The molecule has 4 fully saturated rings. The predicted octanol–water partition coefficient (Wildman–Crippen LogP) is -0.804. The summed E-state index contributed by atoms with van der Waals surface area (Å²) in [5.74, 6) is 0. The molecule has 23 heavy (non-hydrogen) atoms. The maximum absolute atomic E-state index is 12.1. The Labute approximate surface area is 138 Å². The van der Waals surface area contributed by atoms with Crippen LogP contribution in [0.25, 0.3) is 0 Å². The van der Waals surface area contributed by atoms with Gasteiger partial charge in [-0.1, -0.05) is 0 Å². The van der Waals surface area contributed by atoms with Gasteiger partial charge in [0.1, 0.15) is 0 Å². The Balaban J connectivity index is 1.51. The maximum atomic E-state index is 12.1. The number of ether oxygens (including phenoxy) is 2. The highest BCUT2D eigenvalue weighted by Crippen LogP contribution is 2.38. The Morgan fingerprint density at radius 2 is 1.74 bits per heavy atom. The van der Waals surface area contributed by atoms with Crippen molar-refractivity contribution in [3.8, 4) is 0 Å². The smallest absolute Gasteiger partial charge is 0.211 e. The van der Waals surface area contributed by atoms with Gasteiger partial charge in [0.2, 0.25) is 10.0 Å². The first kappa shape index (κ1) is 16.2. The quantitative estimate of drug-likeness (QED) is 0.653. The molecule has 0 N–H and O–H groups in total. The fourth-order valence-electron chi connectivity index (χ4n) is 4.70. The van der Waals surface area contributed by atoms with Crippen molar-refractivity contribution in [3.63, 3.8) is 0 Å². The molecular formula is C15H27N3O4S. The van der Waals surface area contributed by atoms with Gasteiger partial charge in [-0.15, -0.1) is 0 Å². The molecule has 132 valence electrons. The average molecular weight is 345 g/mol. The second-order valence-corrected chi connectivity index (χ2v) is 9.43. The van der Waals surface area contributed by atoms with Gasteiger partial charge in [0.15, 0.2) is 0 Å². The van der Waals surface area contributed by atoms with Crippen molar-refractivity contribution in [1.29, 1.82) is 0 Å². The molecule has 0 unspecified atom stereocenters. The summed E-state index contributed by atoms with van der Waals surface area (Å²) in [6.07, 6.45) is 3.52. The summed E-state index contributed by atoms with van der Waals surface area (Å²) in [7, 11) is -3.15. The van der Waals surface area contributed by atoms with E-state index in [0.29, 0.717) is 25.7 Å². The Bertz CT molecular complexity index is 543. The van der Waals surface area contributed by atoms with Gasteiger partial charge in [-0.2, -0.15) is 4.31 Å². The molecule has 4 saturated heterocycles. The van der Waals surface area contributed by atoms with Crippen LogP contribution in [0.2, 0.25) is 0 Å². The van der Waals surface area contributed by atoms with Crippen molar-refractivity contribution in [2.24, 2.45) is 0 Å². The van der Waals surface area contributed by atoms with Crippen LogP contribution in [0.15, 0.2) is 0 Å². The Morgan fingerprint density at radius 3 is 2.43 bits per heavy atom. The highest BCUT2D eigenvalue weighted by molar-refractivity contribution is 7.88. The van der Waals surface area contributed by atoms with Crippen molar-refractivity contribution in [2.45, 2.75) is 30.5 Å². The van der Waals surface area contributed by atoms with E-state index in [4.69, 9.17) is 9.47 Å². The van der Waals surface area contributed by atoms with Crippen LogP contribution < -0.4 is 0 Å². The average Bonchev–Trinajstić information content (AvgIpc) is 2.51. The first-order chi connectivity index (χ1) is 11.0. The SMILES string of the molecule is CS(=O)(=O)N1C[C@@H]2COCCN2C2(CN(C3CCOCC3)C2)C1. The number of sulfonamides is 1. The minimum absolute atomic E-state index is 0.0198. The molecule has 4 aliphatic rings. The third kappa shape index (κ3) is 2.94. The second-order valence-electron chi connectivity index (χ2n) is 7.45. The minimum Gasteiger partial charge on any atom is -0.381 e. The number of nitrogens with zero attached hydrogens (tertiary/aromatic N) is 3. The first-order valence-electron chi connectivity index (χ1n) is 8.59. The number of rotatable bonds is 2. The van der Waals surface area contributed by atoms with Gasteiger partial charge in [0, 0.05) is 58.0 Å². The van der Waals surface area contributed by atoms with Crippen LogP contribution in [-0.4, -0.2) is 106 Å². The zero-order valence-electron chi connectivity index (χ0n) is 13.8. The molecule has 8 heteroatoms. The van der Waals surface area contributed by atoms with E-state index >= 15 is 0 Å². The molecule has 0 bridgehead atoms. The summed E-state index contributed by atoms with van der Waals surface area (Å²) < 4.78 is 37.0. The standard InChI is InChI=1S/C15H27N3O4S/c1-23(19,20)17-8-14-9-22-7-4-18(14)15(12-17)10-16(11-15)13-2-5-21-6-3-13/h13-14H,2-12H2,1H3/t14-/m1/s1. The third-order valence-corrected chi connectivity index (χ3v) is 7.11. The van der Waals surface area contributed by atoms with E-state index in [-0.39, 0.29) is 11.6 Å². The Morgan fingerprint density at radius 1 is 1.00 bits per heavy atom. The lowest BCUT2D eigenvalue weighted by molar-refractivity contribution is -0.166. The highest BCUT2D eigenvalue weighted by Gasteiger charge is 2.56. The van der Waals surface area contributed by atoms with E-state index in [2.05, 4.69) is 9.80 Å². The van der Waals surface area contributed by atoms with E-state index < -0.39 is 10.0 Å². The third-order valence-electron chi connectivity index (χ3n) is 5.89. The summed E-state index contributed by atoms with van der Waals surface area (Å²) in [6, 6.07) is 0.798. The van der Waals surface area contributed by atoms with Crippen LogP contribution in [-0.2, 0) is 19.5 Å². The van der Waals surface area contributed by atoms with Gasteiger partial charge in [0.25, 0.3) is 0 Å². The Kier molecular flexibility index (Phi) is 4.18. The zero-order valence-corrected chi connectivity index (χ0v) is 14.6. The molecule has 0 aliphatic carbocycles. The largest absolute Gasteiger partial charge is 0.381 e. The number of morpholine rings is 1. The first-order valence-corrected chi connectivity index (χ1v) is 10.4. The van der Waals surface area contributed by atoms with Crippen molar-refractivity contribution >= 4 is 10.0 Å². The molecule has 0 aromatic carbocycles. The van der Waals surface area contributed by atoms with Crippen molar-refractivity contribution < 1.29 is 17.9 Å². The van der Waals surface area contributed by atoms with Crippen molar-refractivity contribution in [1.82, 2.24) is 14.1 Å². The van der Waals surface area contributed by atoms with Gasteiger partial charge < -0.3 is 9.47 Å².